The maximum Gasteiger partial charge on any atom is 0.341 e. The van der Waals surface area contributed by atoms with Crippen molar-refractivity contribution in [3.63, 3.8) is 0 Å². The van der Waals surface area contributed by atoms with Gasteiger partial charge in [0.15, 0.2) is 12.4 Å². The van der Waals surface area contributed by atoms with E-state index in [4.69, 9.17) is 31.2 Å². The number of carbonyl (C=O) groups is 1. The van der Waals surface area contributed by atoms with E-state index in [2.05, 4.69) is 14.8 Å². The van der Waals surface area contributed by atoms with Gasteiger partial charge in [-0.1, -0.05) is 17.7 Å². The van der Waals surface area contributed by atoms with Crippen molar-refractivity contribution in [1.29, 1.82) is 0 Å². The molecule has 4 heterocycles. The molecule has 10 nitrogen and oxygen atoms in total. The lowest BCUT2D eigenvalue weighted by Crippen LogP contribution is -2.44. The molecular weight excluding hydrogens is 486 g/mol. The molecule has 1 unspecified atom stereocenters. The molecule has 36 heavy (non-hydrogen) atoms. The standard InChI is InChI=1S/C25H28ClN5O5/c1-29-21-3-2-16(10-17(21)12-22(24(29)34)36-15-23(32)33)11-20-19(26)13-27-25(28-20)31-5-4-18(14-31)30-6-8-35-9-7-30/h2-3,10,12-13,18H,4-9,11,14-15H2,1H3,(H,32,33). The Morgan fingerprint density at radius 3 is 2.83 bits per heavy atom. The molecule has 2 aromatic heterocycles. The topological polar surface area (TPSA) is 110 Å². The van der Waals surface area contributed by atoms with Crippen LogP contribution < -0.4 is 15.2 Å². The molecule has 0 aliphatic carbocycles. The number of carboxylic acids is 1. The molecule has 0 bridgehead atoms. The van der Waals surface area contributed by atoms with E-state index < -0.39 is 12.6 Å². The van der Waals surface area contributed by atoms with Crippen LogP contribution in [-0.4, -0.2) is 82.6 Å². The summed E-state index contributed by atoms with van der Waals surface area (Å²) < 4.78 is 12.1. The minimum Gasteiger partial charge on any atom is -0.479 e. The first-order chi connectivity index (χ1) is 17.4. The summed E-state index contributed by atoms with van der Waals surface area (Å²) in [6.07, 6.45) is 3.21. The molecule has 1 aromatic carbocycles. The normalized spacial score (nSPS) is 18.6. The average molecular weight is 514 g/mol. The van der Waals surface area contributed by atoms with Crippen LogP contribution in [0.2, 0.25) is 5.02 Å². The second-order valence-electron chi connectivity index (χ2n) is 9.13. The monoisotopic (exact) mass is 513 g/mol. The molecule has 11 heteroatoms. The number of nitrogens with zero attached hydrogens (tertiary/aromatic N) is 5. The van der Waals surface area contributed by atoms with Gasteiger partial charge in [-0.25, -0.2) is 14.8 Å². The van der Waals surface area contributed by atoms with Crippen LogP contribution in [0.3, 0.4) is 0 Å². The highest BCUT2D eigenvalue weighted by atomic mass is 35.5. The number of fused-ring (bicyclic) bond motifs is 1. The summed E-state index contributed by atoms with van der Waals surface area (Å²) in [6.45, 7) is 4.68. The van der Waals surface area contributed by atoms with E-state index in [0.29, 0.717) is 29.0 Å². The van der Waals surface area contributed by atoms with Crippen molar-refractivity contribution >= 4 is 34.4 Å². The molecular formula is C25H28ClN5O5. The fourth-order valence-corrected chi connectivity index (χ4v) is 5.04. The number of hydrogen-bond donors (Lipinski definition) is 1. The average Bonchev–Trinajstić information content (AvgIpc) is 3.37. The van der Waals surface area contributed by atoms with Crippen LogP contribution in [0.1, 0.15) is 17.7 Å². The van der Waals surface area contributed by atoms with Crippen molar-refractivity contribution < 1.29 is 19.4 Å². The van der Waals surface area contributed by atoms with Crippen molar-refractivity contribution in [2.24, 2.45) is 7.05 Å². The number of pyridine rings is 1. The molecule has 1 atom stereocenters. The van der Waals surface area contributed by atoms with Crippen LogP contribution >= 0.6 is 11.6 Å². The van der Waals surface area contributed by atoms with Crippen LogP contribution in [0, 0.1) is 0 Å². The molecule has 3 aromatic rings. The number of anilines is 1. The van der Waals surface area contributed by atoms with Crippen LogP contribution in [0.25, 0.3) is 10.9 Å². The Balaban J connectivity index is 1.36. The third kappa shape index (κ3) is 5.16. The number of aryl methyl sites for hydroxylation is 1. The highest BCUT2D eigenvalue weighted by Gasteiger charge is 2.30. The van der Waals surface area contributed by atoms with E-state index in [0.717, 1.165) is 62.5 Å². The number of benzene rings is 1. The Kier molecular flexibility index (Phi) is 7.08. The summed E-state index contributed by atoms with van der Waals surface area (Å²) in [7, 11) is 1.63. The van der Waals surface area contributed by atoms with Gasteiger partial charge < -0.3 is 24.0 Å². The Morgan fingerprint density at radius 2 is 2.06 bits per heavy atom. The second kappa shape index (κ2) is 10.4. The first kappa shape index (κ1) is 24.5. The lowest BCUT2D eigenvalue weighted by molar-refractivity contribution is -0.139. The van der Waals surface area contributed by atoms with E-state index in [-0.39, 0.29) is 11.3 Å². The molecule has 0 radical (unpaired) electrons. The Morgan fingerprint density at radius 1 is 1.25 bits per heavy atom. The molecule has 0 saturated carbocycles. The molecule has 5 rings (SSSR count). The summed E-state index contributed by atoms with van der Waals surface area (Å²) in [6, 6.07) is 7.78. The number of aromatic nitrogens is 3. The molecule has 0 spiro atoms. The fourth-order valence-electron chi connectivity index (χ4n) is 4.88. The van der Waals surface area contributed by atoms with Crippen molar-refractivity contribution in [2.45, 2.75) is 18.9 Å². The third-order valence-electron chi connectivity index (χ3n) is 6.79. The number of aliphatic carboxylic acids is 1. The smallest absolute Gasteiger partial charge is 0.341 e. The minimum atomic E-state index is -1.14. The molecule has 2 saturated heterocycles. The lowest BCUT2D eigenvalue weighted by Gasteiger charge is -2.32. The summed E-state index contributed by atoms with van der Waals surface area (Å²) in [5, 5.41) is 10.1. The summed E-state index contributed by atoms with van der Waals surface area (Å²) in [5.74, 6) is -0.470. The number of hydrogen-bond acceptors (Lipinski definition) is 8. The van der Waals surface area contributed by atoms with Gasteiger partial charge in [-0.2, -0.15) is 0 Å². The van der Waals surface area contributed by atoms with Crippen molar-refractivity contribution in [3.05, 3.63) is 57.1 Å². The Labute approximate surface area is 213 Å². The van der Waals surface area contributed by atoms with E-state index in [1.165, 1.54) is 4.57 Å². The predicted molar refractivity (Wildman–Crippen MR) is 135 cm³/mol. The quantitative estimate of drug-likeness (QED) is 0.506. The van der Waals surface area contributed by atoms with Gasteiger partial charge in [0, 0.05) is 51.1 Å². The fraction of sp³-hybridized carbons (Fsp3) is 0.440. The highest BCUT2D eigenvalue weighted by molar-refractivity contribution is 6.31. The first-order valence-corrected chi connectivity index (χ1v) is 12.3. The molecule has 0 amide bonds. The summed E-state index contributed by atoms with van der Waals surface area (Å²) >= 11 is 6.48. The number of halogens is 1. The van der Waals surface area contributed by atoms with E-state index in [1.807, 2.05) is 18.2 Å². The zero-order chi connectivity index (χ0) is 25.2. The van der Waals surface area contributed by atoms with Gasteiger partial charge in [0.05, 0.1) is 35.6 Å². The van der Waals surface area contributed by atoms with E-state index >= 15 is 0 Å². The second-order valence-corrected chi connectivity index (χ2v) is 9.53. The number of ether oxygens (including phenoxy) is 2. The van der Waals surface area contributed by atoms with Crippen molar-refractivity contribution in [2.75, 3.05) is 50.9 Å². The minimum absolute atomic E-state index is 0.00393. The van der Waals surface area contributed by atoms with Crippen molar-refractivity contribution in [3.8, 4) is 5.75 Å². The van der Waals surface area contributed by atoms with Gasteiger partial charge in [-0.3, -0.25) is 9.69 Å². The maximum absolute atomic E-state index is 12.5. The zero-order valence-electron chi connectivity index (χ0n) is 20.0. The van der Waals surface area contributed by atoms with E-state index in [1.54, 1.807) is 19.3 Å². The lowest BCUT2D eigenvalue weighted by atomic mass is 10.1. The van der Waals surface area contributed by atoms with Gasteiger partial charge in [-0.15, -0.1) is 0 Å². The Bertz CT molecular complexity index is 1340. The number of rotatable bonds is 7. The number of morpholine rings is 1. The van der Waals surface area contributed by atoms with Crippen LogP contribution in [0.15, 0.2) is 35.3 Å². The van der Waals surface area contributed by atoms with Gasteiger partial charge in [0.2, 0.25) is 5.95 Å². The summed E-state index contributed by atoms with van der Waals surface area (Å²) in [4.78, 5) is 37.4. The van der Waals surface area contributed by atoms with Gasteiger partial charge >= 0.3 is 5.97 Å². The maximum atomic E-state index is 12.5. The zero-order valence-corrected chi connectivity index (χ0v) is 20.8. The van der Waals surface area contributed by atoms with Crippen LogP contribution in [-0.2, 0) is 23.0 Å². The largest absolute Gasteiger partial charge is 0.479 e. The first-order valence-electron chi connectivity index (χ1n) is 11.9. The van der Waals surface area contributed by atoms with Crippen LogP contribution in [0.5, 0.6) is 5.75 Å². The van der Waals surface area contributed by atoms with Gasteiger partial charge in [-0.05, 0) is 30.2 Å². The third-order valence-corrected chi connectivity index (χ3v) is 7.11. The van der Waals surface area contributed by atoms with Crippen molar-refractivity contribution in [1.82, 2.24) is 19.4 Å². The molecule has 1 N–H and O–H groups in total. The highest BCUT2D eigenvalue weighted by Crippen LogP contribution is 2.26. The molecule has 2 aliphatic heterocycles. The molecule has 2 aliphatic rings. The number of carboxylic acid groups (broad SMARTS) is 1. The van der Waals surface area contributed by atoms with Gasteiger partial charge in [0.1, 0.15) is 0 Å². The molecule has 2 fully saturated rings. The SMILES string of the molecule is Cn1c(=O)c(OCC(=O)O)cc2cc(Cc3nc(N4CCC(N5CCOCC5)C4)ncc3Cl)ccc21. The predicted octanol–water partition coefficient (Wildman–Crippen LogP) is 1.95. The van der Waals surface area contributed by atoms with E-state index in [9.17, 15) is 9.59 Å². The van der Waals surface area contributed by atoms with Gasteiger partial charge in [0.25, 0.3) is 5.56 Å². The Hall–Kier alpha value is -3.21. The summed E-state index contributed by atoms with van der Waals surface area (Å²) in [5.41, 5.74) is 2.00. The van der Waals surface area contributed by atoms with Crippen LogP contribution in [0.4, 0.5) is 5.95 Å². The molecule has 190 valence electrons.